The van der Waals surface area contributed by atoms with Crippen molar-refractivity contribution in [3.05, 3.63) is 29.3 Å². The van der Waals surface area contributed by atoms with E-state index in [0.29, 0.717) is 0 Å². The largest absolute Gasteiger partial charge is 0.497 e. The van der Waals surface area contributed by atoms with Gasteiger partial charge in [-0.1, -0.05) is 6.07 Å². The number of methoxy groups -OCH3 is 1. The molecule has 2 N–H and O–H groups in total. The summed E-state index contributed by atoms with van der Waals surface area (Å²) >= 11 is 0. The van der Waals surface area contributed by atoms with Gasteiger partial charge in [-0.05, 0) is 17.7 Å². The highest BCUT2D eigenvalue weighted by atomic mass is 19.4. The molecule has 1 atom stereocenters. The van der Waals surface area contributed by atoms with Gasteiger partial charge in [-0.15, -0.1) is 0 Å². The van der Waals surface area contributed by atoms with Crippen molar-refractivity contribution in [3.63, 3.8) is 0 Å². The van der Waals surface area contributed by atoms with E-state index in [2.05, 4.69) is 4.74 Å². The molecule has 0 heterocycles. The van der Waals surface area contributed by atoms with Crippen molar-refractivity contribution < 1.29 is 22.3 Å². The third-order valence-corrected chi connectivity index (χ3v) is 2.13. The van der Waals surface area contributed by atoms with Gasteiger partial charge >= 0.3 is 6.18 Å². The molecule has 0 unspecified atom stereocenters. The molecule has 0 fully saturated rings. The Morgan fingerprint density at radius 2 is 2.00 bits per heavy atom. The first-order valence-electron chi connectivity index (χ1n) is 4.46. The van der Waals surface area contributed by atoms with Crippen LogP contribution in [0.5, 0.6) is 5.75 Å². The van der Waals surface area contributed by atoms with Crippen molar-refractivity contribution in [3.8, 4) is 5.75 Å². The van der Waals surface area contributed by atoms with E-state index in [0.717, 1.165) is 12.1 Å². The van der Waals surface area contributed by atoms with E-state index in [4.69, 9.17) is 5.73 Å². The first-order valence-corrected chi connectivity index (χ1v) is 4.46. The van der Waals surface area contributed by atoms with Gasteiger partial charge in [0, 0.05) is 0 Å². The lowest BCUT2D eigenvalue weighted by molar-refractivity contribution is -0.138. The fourth-order valence-corrected chi connectivity index (χ4v) is 1.31. The number of alkyl halides is 4. The standard InChI is InChI=1S/C10H11F4NO/c1-16-6-2-3-7(9(15)5-11)8(4-6)10(12,13)14/h2-4,9H,5,15H2,1H3/t9-/m1/s1. The van der Waals surface area contributed by atoms with Crippen LogP contribution in [0.2, 0.25) is 0 Å². The summed E-state index contributed by atoms with van der Waals surface area (Å²) in [6, 6.07) is 1.99. The van der Waals surface area contributed by atoms with Crippen LogP contribution in [0.15, 0.2) is 18.2 Å². The number of nitrogens with two attached hydrogens (primary N) is 1. The molecular formula is C10H11F4NO. The summed E-state index contributed by atoms with van der Waals surface area (Å²) in [5, 5.41) is 0. The predicted octanol–water partition coefficient (Wildman–Crippen LogP) is 2.68. The summed E-state index contributed by atoms with van der Waals surface area (Å²) in [5.41, 5.74) is 4.04. The Kier molecular flexibility index (Phi) is 3.74. The van der Waals surface area contributed by atoms with Gasteiger partial charge in [0.25, 0.3) is 0 Å². The zero-order valence-electron chi connectivity index (χ0n) is 8.51. The van der Waals surface area contributed by atoms with Gasteiger partial charge in [-0.25, -0.2) is 4.39 Å². The maximum absolute atomic E-state index is 12.6. The third-order valence-electron chi connectivity index (χ3n) is 2.13. The highest BCUT2D eigenvalue weighted by molar-refractivity contribution is 5.39. The zero-order chi connectivity index (χ0) is 12.3. The predicted molar refractivity (Wildman–Crippen MR) is 50.9 cm³/mol. The number of rotatable bonds is 3. The minimum absolute atomic E-state index is 0.0575. The van der Waals surface area contributed by atoms with E-state index >= 15 is 0 Å². The molecule has 0 amide bonds. The van der Waals surface area contributed by atoms with Gasteiger partial charge in [0.15, 0.2) is 0 Å². The average molecular weight is 237 g/mol. The Balaban J connectivity index is 3.27. The summed E-state index contributed by atoms with van der Waals surface area (Å²) < 4.78 is 54.9. The lowest BCUT2D eigenvalue weighted by atomic mass is 10.0. The summed E-state index contributed by atoms with van der Waals surface area (Å²) in [7, 11) is 1.25. The van der Waals surface area contributed by atoms with Crippen LogP contribution < -0.4 is 10.5 Å². The molecule has 2 nitrogen and oxygen atoms in total. The molecule has 1 rings (SSSR count). The van der Waals surface area contributed by atoms with Crippen LogP contribution >= 0.6 is 0 Å². The Hall–Kier alpha value is -1.30. The summed E-state index contributed by atoms with van der Waals surface area (Å²) in [5.74, 6) is 0.0575. The molecule has 1 aromatic rings. The fourth-order valence-electron chi connectivity index (χ4n) is 1.31. The Labute approximate surface area is 90.0 Å². The maximum atomic E-state index is 12.6. The van der Waals surface area contributed by atoms with Gasteiger partial charge < -0.3 is 10.5 Å². The first-order chi connectivity index (χ1) is 7.40. The van der Waals surface area contributed by atoms with Crippen molar-refractivity contribution in [2.24, 2.45) is 5.73 Å². The van der Waals surface area contributed by atoms with E-state index in [1.807, 2.05) is 0 Å². The van der Waals surface area contributed by atoms with E-state index in [1.165, 1.54) is 13.2 Å². The molecular weight excluding hydrogens is 226 g/mol. The molecule has 0 aromatic heterocycles. The smallest absolute Gasteiger partial charge is 0.416 e. The van der Waals surface area contributed by atoms with Crippen LogP contribution in [0.3, 0.4) is 0 Å². The van der Waals surface area contributed by atoms with Crippen LogP contribution in [0.4, 0.5) is 17.6 Å². The van der Waals surface area contributed by atoms with Crippen LogP contribution in [-0.4, -0.2) is 13.8 Å². The second-order valence-electron chi connectivity index (χ2n) is 3.21. The molecule has 0 saturated carbocycles. The van der Waals surface area contributed by atoms with Gasteiger partial charge in [0.2, 0.25) is 0 Å². The van der Waals surface area contributed by atoms with Crippen LogP contribution in [0, 0.1) is 0 Å². The molecule has 1 aromatic carbocycles. The van der Waals surface area contributed by atoms with Crippen LogP contribution in [-0.2, 0) is 6.18 Å². The second-order valence-corrected chi connectivity index (χ2v) is 3.21. The number of ether oxygens (including phenoxy) is 1. The number of halogens is 4. The molecule has 6 heteroatoms. The minimum Gasteiger partial charge on any atom is -0.497 e. The summed E-state index contributed by atoms with van der Waals surface area (Å²) in [6.07, 6.45) is -4.57. The number of hydrogen-bond donors (Lipinski definition) is 1. The topological polar surface area (TPSA) is 35.2 Å². The van der Waals surface area contributed by atoms with Gasteiger partial charge in [0.05, 0.1) is 18.7 Å². The lowest BCUT2D eigenvalue weighted by Crippen LogP contribution is -2.19. The molecule has 16 heavy (non-hydrogen) atoms. The fraction of sp³-hybridized carbons (Fsp3) is 0.400. The highest BCUT2D eigenvalue weighted by Crippen LogP contribution is 2.36. The number of benzene rings is 1. The lowest BCUT2D eigenvalue weighted by Gasteiger charge is -2.17. The molecule has 0 radical (unpaired) electrons. The van der Waals surface area contributed by atoms with Crippen molar-refractivity contribution in [2.75, 3.05) is 13.8 Å². The van der Waals surface area contributed by atoms with E-state index in [-0.39, 0.29) is 11.3 Å². The Morgan fingerprint density at radius 3 is 2.44 bits per heavy atom. The molecule has 90 valence electrons. The van der Waals surface area contributed by atoms with E-state index < -0.39 is 24.5 Å². The SMILES string of the molecule is COc1ccc([C@H](N)CF)c(C(F)(F)F)c1. The minimum atomic E-state index is -4.57. The third kappa shape index (κ3) is 2.63. The highest BCUT2D eigenvalue weighted by Gasteiger charge is 2.35. The molecule has 0 aliphatic rings. The van der Waals surface area contributed by atoms with Crippen molar-refractivity contribution in [1.29, 1.82) is 0 Å². The van der Waals surface area contributed by atoms with E-state index in [1.54, 1.807) is 0 Å². The van der Waals surface area contributed by atoms with Crippen LogP contribution in [0.1, 0.15) is 17.2 Å². The Morgan fingerprint density at radius 1 is 1.38 bits per heavy atom. The van der Waals surface area contributed by atoms with Crippen molar-refractivity contribution >= 4 is 0 Å². The summed E-state index contributed by atoms with van der Waals surface area (Å²) in [4.78, 5) is 0. The van der Waals surface area contributed by atoms with Gasteiger partial charge in [0.1, 0.15) is 12.4 Å². The second kappa shape index (κ2) is 4.69. The number of hydrogen-bond acceptors (Lipinski definition) is 2. The zero-order valence-corrected chi connectivity index (χ0v) is 8.51. The van der Waals surface area contributed by atoms with Gasteiger partial charge in [-0.3, -0.25) is 0 Å². The molecule has 0 aliphatic carbocycles. The van der Waals surface area contributed by atoms with Crippen LogP contribution in [0.25, 0.3) is 0 Å². The first kappa shape index (κ1) is 12.8. The normalized spacial score (nSPS) is 13.6. The molecule has 0 bridgehead atoms. The molecule has 0 spiro atoms. The van der Waals surface area contributed by atoms with E-state index in [9.17, 15) is 17.6 Å². The summed E-state index contributed by atoms with van der Waals surface area (Å²) in [6.45, 7) is -1.05. The molecule has 0 saturated heterocycles. The molecule has 0 aliphatic heterocycles. The quantitative estimate of drug-likeness (QED) is 0.820. The van der Waals surface area contributed by atoms with Crippen molar-refractivity contribution in [1.82, 2.24) is 0 Å². The monoisotopic (exact) mass is 237 g/mol. The van der Waals surface area contributed by atoms with Crippen molar-refractivity contribution in [2.45, 2.75) is 12.2 Å². The van der Waals surface area contributed by atoms with Gasteiger partial charge in [-0.2, -0.15) is 13.2 Å². The maximum Gasteiger partial charge on any atom is 0.416 e. The Bertz CT molecular complexity index is 364. The average Bonchev–Trinajstić information content (AvgIpc) is 2.26.